The summed E-state index contributed by atoms with van der Waals surface area (Å²) in [5.74, 6) is 0.960. The Morgan fingerprint density at radius 1 is 1.16 bits per heavy atom. The third kappa shape index (κ3) is 3.99. The second-order valence-corrected chi connectivity index (χ2v) is 8.80. The molecule has 0 aliphatic carbocycles. The van der Waals surface area contributed by atoms with E-state index in [1.165, 1.54) is 4.80 Å². The Bertz CT molecular complexity index is 1220. The lowest BCUT2D eigenvalue weighted by molar-refractivity contribution is -0.134. The third-order valence-electron chi connectivity index (χ3n) is 4.90. The topological polar surface area (TPSA) is 85.5 Å². The summed E-state index contributed by atoms with van der Waals surface area (Å²) in [6.07, 6.45) is 0.687. The molecule has 0 saturated heterocycles. The van der Waals surface area contributed by atoms with Crippen molar-refractivity contribution in [1.29, 1.82) is 0 Å². The molecular formula is C21H18N6O2S2. The SMILES string of the molecule is COc1cccc(-c2nnn(CC(=O)N3N=C(c4cccs4)CC3c3cccs3)n2)c1. The molecule has 1 aliphatic heterocycles. The average molecular weight is 451 g/mol. The molecule has 8 nitrogen and oxygen atoms in total. The monoisotopic (exact) mass is 450 g/mol. The molecular weight excluding hydrogens is 432 g/mol. The normalized spacial score (nSPS) is 15.8. The number of thiophene rings is 2. The van der Waals surface area contributed by atoms with Crippen LogP contribution < -0.4 is 4.74 Å². The maximum Gasteiger partial charge on any atom is 0.266 e. The molecule has 156 valence electrons. The lowest BCUT2D eigenvalue weighted by Crippen LogP contribution is -2.30. The summed E-state index contributed by atoms with van der Waals surface area (Å²) >= 11 is 3.25. The highest BCUT2D eigenvalue weighted by molar-refractivity contribution is 7.12. The number of ether oxygens (including phenoxy) is 1. The van der Waals surface area contributed by atoms with Crippen LogP contribution in [0.1, 0.15) is 22.2 Å². The Morgan fingerprint density at radius 3 is 2.81 bits per heavy atom. The van der Waals surface area contributed by atoms with E-state index < -0.39 is 0 Å². The van der Waals surface area contributed by atoms with Crippen LogP contribution in [0, 0.1) is 0 Å². The molecule has 0 saturated carbocycles. The third-order valence-corrected chi connectivity index (χ3v) is 6.79. The number of carbonyl (C=O) groups is 1. The molecule has 1 atom stereocenters. The number of hydrogen-bond donors (Lipinski definition) is 0. The summed E-state index contributed by atoms with van der Waals surface area (Å²) in [6, 6.07) is 15.3. The van der Waals surface area contributed by atoms with Gasteiger partial charge in [-0.15, -0.1) is 32.9 Å². The highest BCUT2D eigenvalue weighted by atomic mass is 32.1. The van der Waals surface area contributed by atoms with Crippen LogP contribution in [0.4, 0.5) is 0 Å². The molecule has 0 spiro atoms. The van der Waals surface area contributed by atoms with Gasteiger partial charge in [0, 0.05) is 16.9 Å². The van der Waals surface area contributed by atoms with Crippen molar-refractivity contribution in [3.05, 3.63) is 69.0 Å². The number of hydrogen-bond acceptors (Lipinski definition) is 8. The van der Waals surface area contributed by atoms with Gasteiger partial charge in [-0.3, -0.25) is 4.79 Å². The van der Waals surface area contributed by atoms with E-state index in [1.807, 2.05) is 59.3 Å². The number of rotatable bonds is 6. The number of carbonyl (C=O) groups excluding carboxylic acids is 1. The van der Waals surface area contributed by atoms with Crippen LogP contribution in [0.15, 0.2) is 64.4 Å². The van der Waals surface area contributed by atoms with Gasteiger partial charge in [-0.05, 0) is 40.2 Å². The minimum atomic E-state index is -0.181. The molecule has 3 aromatic heterocycles. The van der Waals surface area contributed by atoms with Crippen LogP contribution in [0.5, 0.6) is 5.75 Å². The van der Waals surface area contributed by atoms with E-state index in [9.17, 15) is 4.79 Å². The summed E-state index contributed by atoms with van der Waals surface area (Å²) in [5.41, 5.74) is 1.69. The lowest BCUT2D eigenvalue weighted by Gasteiger charge is -2.20. The molecule has 5 rings (SSSR count). The molecule has 10 heteroatoms. The van der Waals surface area contributed by atoms with Gasteiger partial charge in [0.1, 0.15) is 12.3 Å². The van der Waals surface area contributed by atoms with Gasteiger partial charge >= 0.3 is 0 Å². The van der Waals surface area contributed by atoms with Crippen molar-refractivity contribution in [3.8, 4) is 17.1 Å². The van der Waals surface area contributed by atoms with Crippen LogP contribution >= 0.6 is 22.7 Å². The summed E-state index contributed by atoms with van der Waals surface area (Å²) in [7, 11) is 1.60. The van der Waals surface area contributed by atoms with Gasteiger partial charge in [0.25, 0.3) is 5.91 Å². The zero-order valence-corrected chi connectivity index (χ0v) is 18.2. The zero-order chi connectivity index (χ0) is 21.2. The van der Waals surface area contributed by atoms with Crippen LogP contribution in [-0.2, 0) is 11.3 Å². The van der Waals surface area contributed by atoms with E-state index in [1.54, 1.807) is 34.8 Å². The van der Waals surface area contributed by atoms with Gasteiger partial charge in [0.15, 0.2) is 0 Å². The molecule has 1 aromatic carbocycles. The van der Waals surface area contributed by atoms with Crippen LogP contribution in [0.2, 0.25) is 0 Å². The number of amides is 1. The van der Waals surface area contributed by atoms with Crippen molar-refractivity contribution >= 4 is 34.3 Å². The summed E-state index contributed by atoms with van der Waals surface area (Å²) in [4.78, 5) is 16.7. The van der Waals surface area contributed by atoms with Crippen molar-refractivity contribution in [3.63, 3.8) is 0 Å². The van der Waals surface area contributed by atoms with E-state index in [2.05, 4.69) is 20.5 Å². The van der Waals surface area contributed by atoms with Gasteiger partial charge in [-0.2, -0.15) is 9.90 Å². The molecule has 4 heterocycles. The smallest absolute Gasteiger partial charge is 0.266 e. The van der Waals surface area contributed by atoms with Gasteiger partial charge in [0.05, 0.1) is 23.7 Å². The first-order valence-electron chi connectivity index (χ1n) is 9.60. The first-order valence-corrected chi connectivity index (χ1v) is 11.4. The predicted molar refractivity (Wildman–Crippen MR) is 119 cm³/mol. The highest BCUT2D eigenvalue weighted by Gasteiger charge is 2.34. The van der Waals surface area contributed by atoms with E-state index in [0.29, 0.717) is 18.0 Å². The highest BCUT2D eigenvalue weighted by Crippen LogP contribution is 2.36. The van der Waals surface area contributed by atoms with Crippen molar-refractivity contribution in [1.82, 2.24) is 25.2 Å². The number of tetrazole rings is 1. The minimum Gasteiger partial charge on any atom is -0.497 e. The number of benzene rings is 1. The van der Waals surface area contributed by atoms with Crippen LogP contribution in [0.25, 0.3) is 11.4 Å². The quantitative estimate of drug-likeness (QED) is 0.445. The van der Waals surface area contributed by atoms with Crippen molar-refractivity contribution in [2.75, 3.05) is 7.11 Å². The fourth-order valence-electron chi connectivity index (χ4n) is 3.42. The van der Waals surface area contributed by atoms with Gasteiger partial charge in [-0.1, -0.05) is 24.3 Å². The zero-order valence-electron chi connectivity index (χ0n) is 16.6. The maximum absolute atomic E-state index is 13.2. The Kier molecular flexibility index (Phi) is 5.31. The molecule has 1 unspecified atom stereocenters. The molecule has 0 fully saturated rings. The number of nitrogens with zero attached hydrogens (tertiary/aromatic N) is 6. The van der Waals surface area contributed by atoms with E-state index in [0.717, 1.165) is 21.0 Å². The Hall–Kier alpha value is -3.37. The van der Waals surface area contributed by atoms with Gasteiger partial charge in [0.2, 0.25) is 5.82 Å². The first kappa shape index (κ1) is 19.6. The minimum absolute atomic E-state index is 0.0416. The number of methoxy groups -OCH3 is 1. The standard InChI is InChI=1S/C21H18N6O2S2/c1-29-15-6-2-5-14(11-15)21-22-25-26(24-21)13-20(28)27-17(19-8-4-10-31-19)12-16(23-27)18-7-3-9-30-18/h2-11,17H,12-13H2,1H3. The Balaban J connectivity index is 1.37. The van der Waals surface area contributed by atoms with Crippen molar-refractivity contribution in [2.24, 2.45) is 5.10 Å². The van der Waals surface area contributed by atoms with Crippen LogP contribution in [0.3, 0.4) is 0 Å². The fourth-order valence-corrected chi connectivity index (χ4v) is 4.95. The summed E-state index contributed by atoms with van der Waals surface area (Å²) in [6.45, 7) is -0.0416. The van der Waals surface area contributed by atoms with E-state index in [-0.39, 0.29) is 18.5 Å². The molecule has 4 aromatic rings. The molecule has 0 bridgehead atoms. The first-order chi connectivity index (χ1) is 15.2. The largest absolute Gasteiger partial charge is 0.497 e. The predicted octanol–water partition coefficient (Wildman–Crippen LogP) is 3.85. The van der Waals surface area contributed by atoms with Crippen molar-refractivity contribution < 1.29 is 9.53 Å². The molecule has 31 heavy (non-hydrogen) atoms. The lowest BCUT2D eigenvalue weighted by atomic mass is 10.1. The maximum atomic E-state index is 13.2. The number of aromatic nitrogens is 4. The average Bonchev–Trinajstić information content (AvgIpc) is 3.59. The van der Waals surface area contributed by atoms with E-state index >= 15 is 0 Å². The fraction of sp³-hybridized carbons (Fsp3) is 0.190. The number of hydrazone groups is 1. The molecule has 1 aliphatic rings. The van der Waals surface area contributed by atoms with Crippen molar-refractivity contribution in [2.45, 2.75) is 19.0 Å². The van der Waals surface area contributed by atoms with E-state index in [4.69, 9.17) is 4.74 Å². The summed E-state index contributed by atoms with van der Waals surface area (Å²) < 4.78 is 5.25. The van der Waals surface area contributed by atoms with Gasteiger partial charge in [-0.25, -0.2) is 5.01 Å². The summed E-state index contributed by atoms with van der Waals surface area (Å²) in [5, 5.41) is 22.8. The Morgan fingerprint density at radius 2 is 2.03 bits per heavy atom. The van der Waals surface area contributed by atoms with Crippen LogP contribution in [-0.4, -0.2) is 43.9 Å². The Labute approximate surface area is 186 Å². The molecule has 0 N–H and O–H groups in total. The van der Waals surface area contributed by atoms with Gasteiger partial charge < -0.3 is 4.74 Å². The molecule has 1 amide bonds. The second kappa shape index (κ2) is 8.40. The molecule has 0 radical (unpaired) electrons. The second-order valence-electron chi connectivity index (χ2n) is 6.87.